The van der Waals surface area contributed by atoms with Gasteiger partial charge in [0.25, 0.3) is 0 Å². The van der Waals surface area contributed by atoms with Crippen molar-refractivity contribution in [3.63, 3.8) is 0 Å². The maximum Gasteiger partial charge on any atom is 0.416 e. The first-order chi connectivity index (χ1) is 15.8. The number of hydrogen-bond acceptors (Lipinski definition) is 3. The molecule has 0 unspecified atom stereocenters. The van der Waals surface area contributed by atoms with Crippen LogP contribution in [0, 0.1) is 0 Å². The van der Waals surface area contributed by atoms with Crippen molar-refractivity contribution in [3.05, 3.63) is 92.9 Å². The van der Waals surface area contributed by atoms with Crippen LogP contribution in [-0.2, 0) is 19.1 Å². The molecule has 10 heteroatoms. The van der Waals surface area contributed by atoms with Crippen LogP contribution in [0.2, 0.25) is 5.02 Å². The second-order valence-electron chi connectivity index (χ2n) is 8.10. The summed E-state index contributed by atoms with van der Waals surface area (Å²) in [6, 6.07) is 12.5. The third-order valence-corrected chi connectivity index (χ3v) is 5.77. The Morgan fingerprint density at radius 1 is 1.12 bits per heavy atom. The molecule has 5 rings (SSSR count). The van der Waals surface area contributed by atoms with Crippen LogP contribution in [0.1, 0.15) is 41.5 Å². The lowest BCUT2D eigenvalue weighted by Gasteiger charge is -2.08. The van der Waals surface area contributed by atoms with Gasteiger partial charge in [0, 0.05) is 34.9 Å². The molecule has 0 bridgehead atoms. The van der Waals surface area contributed by atoms with Crippen LogP contribution in [-0.4, -0.2) is 24.3 Å². The van der Waals surface area contributed by atoms with Gasteiger partial charge in [-0.3, -0.25) is 4.57 Å². The molecule has 0 spiro atoms. The molecular formula is C23H19ClF3N5O. The van der Waals surface area contributed by atoms with Gasteiger partial charge >= 0.3 is 11.9 Å². The molecule has 2 aromatic heterocycles. The number of hydrogen-bond donors (Lipinski definition) is 1. The minimum Gasteiger partial charge on any atom is -0.344 e. The van der Waals surface area contributed by atoms with Crippen molar-refractivity contribution in [2.24, 2.45) is 0 Å². The van der Waals surface area contributed by atoms with Crippen molar-refractivity contribution in [2.45, 2.75) is 38.0 Å². The zero-order valence-electron chi connectivity index (χ0n) is 17.3. The third kappa shape index (κ3) is 4.59. The molecule has 0 amide bonds. The fourth-order valence-corrected chi connectivity index (χ4v) is 3.90. The number of alkyl halides is 3. The fraction of sp³-hybridized carbons (Fsp3) is 0.261. The van der Waals surface area contributed by atoms with E-state index in [1.54, 1.807) is 29.0 Å². The summed E-state index contributed by atoms with van der Waals surface area (Å²) >= 11 is 5.99. The van der Waals surface area contributed by atoms with Gasteiger partial charge in [-0.25, -0.2) is 14.5 Å². The Hall–Kier alpha value is -3.33. The smallest absolute Gasteiger partial charge is 0.344 e. The summed E-state index contributed by atoms with van der Waals surface area (Å²) in [5, 5.41) is 5.14. The summed E-state index contributed by atoms with van der Waals surface area (Å²) in [6.07, 6.45) is -0.711. The van der Waals surface area contributed by atoms with E-state index in [9.17, 15) is 18.0 Å². The van der Waals surface area contributed by atoms with Gasteiger partial charge in [0.15, 0.2) is 5.82 Å². The van der Waals surface area contributed by atoms with Crippen LogP contribution >= 0.6 is 11.6 Å². The lowest BCUT2D eigenvalue weighted by atomic mass is 10.1. The highest BCUT2D eigenvalue weighted by Crippen LogP contribution is 2.36. The topological polar surface area (TPSA) is 68.5 Å². The number of aromatic nitrogens is 5. The average molecular weight is 474 g/mol. The van der Waals surface area contributed by atoms with Crippen molar-refractivity contribution in [2.75, 3.05) is 0 Å². The maximum absolute atomic E-state index is 13.0. The SMILES string of the molecule is O=c1n(Cc2ncc(Cc3cccc(C(F)(F)F)c3)[nH]2)nc(-c2ccc(Cl)cc2)n1C1CC1. The number of nitrogens with zero attached hydrogens (tertiary/aromatic N) is 4. The summed E-state index contributed by atoms with van der Waals surface area (Å²) in [4.78, 5) is 20.4. The minimum atomic E-state index is -4.39. The molecule has 33 heavy (non-hydrogen) atoms. The third-order valence-electron chi connectivity index (χ3n) is 5.51. The van der Waals surface area contributed by atoms with Crippen LogP contribution < -0.4 is 5.69 Å². The van der Waals surface area contributed by atoms with E-state index in [0.29, 0.717) is 27.9 Å². The summed E-state index contributed by atoms with van der Waals surface area (Å²) in [5.74, 6) is 1.08. The predicted molar refractivity (Wildman–Crippen MR) is 117 cm³/mol. The molecule has 2 aromatic carbocycles. The highest BCUT2D eigenvalue weighted by atomic mass is 35.5. The van der Waals surface area contributed by atoms with E-state index < -0.39 is 11.7 Å². The first-order valence-electron chi connectivity index (χ1n) is 10.4. The Morgan fingerprint density at radius 2 is 1.88 bits per heavy atom. The van der Waals surface area contributed by atoms with Crippen LogP contribution in [0.25, 0.3) is 11.4 Å². The normalized spacial score (nSPS) is 14.1. The zero-order chi connectivity index (χ0) is 23.2. The van der Waals surface area contributed by atoms with Crippen LogP contribution in [0.4, 0.5) is 13.2 Å². The first-order valence-corrected chi connectivity index (χ1v) is 10.8. The lowest BCUT2D eigenvalue weighted by molar-refractivity contribution is -0.137. The van der Waals surface area contributed by atoms with E-state index in [2.05, 4.69) is 15.1 Å². The Morgan fingerprint density at radius 3 is 2.58 bits per heavy atom. The minimum absolute atomic E-state index is 0.127. The molecule has 1 aliphatic rings. The number of halogens is 4. The van der Waals surface area contributed by atoms with E-state index in [1.807, 2.05) is 12.1 Å². The number of imidazole rings is 1. The van der Waals surface area contributed by atoms with Gasteiger partial charge in [0.1, 0.15) is 12.4 Å². The number of nitrogens with one attached hydrogen (secondary N) is 1. The quantitative estimate of drug-likeness (QED) is 0.424. The molecule has 0 radical (unpaired) electrons. The van der Waals surface area contributed by atoms with Crippen molar-refractivity contribution in [3.8, 4) is 11.4 Å². The van der Waals surface area contributed by atoms with Crippen LogP contribution in [0.15, 0.2) is 59.5 Å². The van der Waals surface area contributed by atoms with Gasteiger partial charge in [0.2, 0.25) is 0 Å². The molecule has 1 N–H and O–H groups in total. The highest BCUT2D eigenvalue weighted by molar-refractivity contribution is 6.30. The van der Waals surface area contributed by atoms with E-state index >= 15 is 0 Å². The number of benzene rings is 2. The molecule has 170 valence electrons. The van der Waals surface area contributed by atoms with Crippen LogP contribution in [0.5, 0.6) is 0 Å². The fourth-order valence-electron chi connectivity index (χ4n) is 3.78. The van der Waals surface area contributed by atoms with Gasteiger partial charge in [-0.05, 0) is 48.7 Å². The van der Waals surface area contributed by atoms with E-state index in [0.717, 1.165) is 30.5 Å². The molecule has 0 aliphatic heterocycles. The van der Waals surface area contributed by atoms with Gasteiger partial charge in [0.05, 0.1) is 5.56 Å². The van der Waals surface area contributed by atoms with Crippen LogP contribution in [0.3, 0.4) is 0 Å². The first kappa shape index (κ1) is 21.5. The lowest BCUT2D eigenvalue weighted by Crippen LogP contribution is -2.25. The molecule has 1 saturated carbocycles. The Bertz CT molecular complexity index is 1350. The highest BCUT2D eigenvalue weighted by Gasteiger charge is 2.31. The average Bonchev–Trinajstić information content (AvgIpc) is 3.43. The summed E-state index contributed by atoms with van der Waals surface area (Å²) in [5.41, 5.74) is 1.05. The van der Waals surface area contributed by atoms with Crippen molar-refractivity contribution >= 4 is 11.6 Å². The maximum atomic E-state index is 13.0. The second-order valence-corrected chi connectivity index (χ2v) is 8.54. The second kappa shape index (κ2) is 8.22. The largest absolute Gasteiger partial charge is 0.416 e. The molecule has 1 aliphatic carbocycles. The predicted octanol–water partition coefficient (Wildman–Crippen LogP) is 5.08. The molecule has 4 aromatic rings. The zero-order valence-corrected chi connectivity index (χ0v) is 18.1. The number of aromatic amines is 1. The molecule has 2 heterocycles. The van der Waals surface area contributed by atoms with E-state index in [1.165, 1.54) is 10.7 Å². The Balaban J connectivity index is 1.38. The van der Waals surface area contributed by atoms with Crippen molar-refractivity contribution < 1.29 is 13.2 Å². The molecule has 1 fully saturated rings. The molecule has 6 nitrogen and oxygen atoms in total. The molecule has 0 atom stereocenters. The van der Waals surface area contributed by atoms with Crippen molar-refractivity contribution in [1.82, 2.24) is 24.3 Å². The van der Waals surface area contributed by atoms with Gasteiger partial charge in [-0.1, -0.05) is 29.8 Å². The summed E-state index contributed by atoms with van der Waals surface area (Å²) in [6.45, 7) is 0.127. The van der Waals surface area contributed by atoms with Gasteiger partial charge in [-0.2, -0.15) is 13.2 Å². The standard InChI is InChI=1S/C23H19ClF3N5O/c24-17-6-4-15(5-7-17)21-30-31(22(33)32(21)19-8-9-19)13-20-28-12-18(29-20)11-14-2-1-3-16(10-14)23(25,26)27/h1-7,10,12,19H,8-9,11,13H2,(H,28,29). The monoisotopic (exact) mass is 473 g/mol. The van der Waals surface area contributed by atoms with Gasteiger partial charge in [-0.15, -0.1) is 5.10 Å². The van der Waals surface area contributed by atoms with Crippen molar-refractivity contribution in [1.29, 1.82) is 0 Å². The Kier molecular flexibility index (Phi) is 5.36. The van der Waals surface area contributed by atoms with Gasteiger partial charge < -0.3 is 4.98 Å². The number of rotatable bonds is 6. The molecule has 0 saturated heterocycles. The molecular weight excluding hydrogens is 455 g/mol. The van der Waals surface area contributed by atoms with E-state index in [-0.39, 0.29) is 24.7 Å². The summed E-state index contributed by atoms with van der Waals surface area (Å²) < 4.78 is 41.9. The Labute approximate surface area is 191 Å². The number of H-pyrrole nitrogens is 1. The summed E-state index contributed by atoms with van der Waals surface area (Å²) in [7, 11) is 0. The van der Waals surface area contributed by atoms with E-state index in [4.69, 9.17) is 11.6 Å².